The number of hydrogen-bond donors (Lipinski definition) is 2. The second-order valence-corrected chi connectivity index (χ2v) is 5.75. The van der Waals surface area contributed by atoms with Crippen molar-refractivity contribution in [2.45, 2.75) is 19.4 Å². The zero-order chi connectivity index (χ0) is 17.5. The van der Waals surface area contributed by atoms with E-state index in [1.54, 1.807) is 12.1 Å². The van der Waals surface area contributed by atoms with Crippen LogP contribution in [0.1, 0.15) is 35.4 Å². The van der Waals surface area contributed by atoms with Gasteiger partial charge in [-0.1, -0.05) is 19.1 Å². The Labute approximate surface area is 141 Å². The van der Waals surface area contributed by atoms with Gasteiger partial charge in [0.1, 0.15) is 5.82 Å². The van der Waals surface area contributed by atoms with Gasteiger partial charge in [-0.15, -0.1) is 0 Å². The first kappa shape index (κ1) is 17.9. The van der Waals surface area contributed by atoms with Crippen LogP contribution in [-0.2, 0) is 0 Å². The second-order valence-electron chi connectivity index (χ2n) is 5.75. The lowest BCUT2D eigenvalue weighted by Gasteiger charge is -2.18. The minimum atomic E-state index is -0.871. The summed E-state index contributed by atoms with van der Waals surface area (Å²) in [5, 5.41) is 12.7. The first-order valence-electron chi connectivity index (χ1n) is 8.04. The molecule has 1 unspecified atom stereocenters. The van der Waals surface area contributed by atoms with Crippen molar-refractivity contribution in [2.24, 2.45) is 0 Å². The zero-order valence-corrected chi connectivity index (χ0v) is 14.0. The Morgan fingerprint density at radius 2 is 1.79 bits per heavy atom. The molecule has 0 aliphatic rings. The van der Waals surface area contributed by atoms with E-state index in [9.17, 15) is 14.3 Å². The van der Waals surface area contributed by atoms with Crippen molar-refractivity contribution in [3.63, 3.8) is 0 Å². The van der Waals surface area contributed by atoms with E-state index in [0.717, 1.165) is 18.7 Å². The van der Waals surface area contributed by atoms with Crippen LogP contribution in [0.3, 0.4) is 0 Å². The Bertz CT molecular complexity index is 656. The Balaban J connectivity index is 1.91. The van der Waals surface area contributed by atoms with E-state index in [1.165, 1.54) is 24.3 Å². The van der Waals surface area contributed by atoms with Gasteiger partial charge in [-0.05, 0) is 48.4 Å². The van der Waals surface area contributed by atoms with Gasteiger partial charge in [-0.2, -0.15) is 0 Å². The number of aliphatic hydroxyl groups excluding tert-OH is 1. The summed E-state index contributed by atoms with van der Waals surface area (Å²) in [6, 6.07) is 12.9. The van der Waals surface area contributed by atoms with Crippen LogP contribution in [0.15, 0.2) is 48.5 Å². The van der Waals surface area contributed by atoms with Crippen molar-refractivity contribution in [1.29, 1.82) is 0 Å². The van der Waals surface area contributed by atoms with Gasteiger partial charge in [0.2, 0.25) is 0 Å². The molecule has 128 valence electrons. The molecule has 4 nitrogen and oxygen atoms in total. The van der Waals surface area contributed by atoms with Crippen LogP contribution in [0, 0.1) is 5.82 Å². The molecule has 0 radical (unpaired) electrons. The van der Waals surface area contributed by atoms with Gasteiger partial charge in [0.25, 0.3) is 5.91 Å². The minimum Gasteiger partial charge on any atom is -0.387 e. The lowest BCUT2D eigenvalue weighted by Crippen LogP contribution is -2.28. The molecule has 0 bridgehead atoms. The van der Waals surface area contributed by atoms with Crippen molar-refractivity contribution < 1.29 is 14.3 Å². The summed E-state index contributed by atoms with van der Waals surface area (Å²) in [4.78, 5) is 14.3. The lowest BCUT2D eigenvalue weighted by atomic mass is 10.1. The average molecular weight is 330 g/mol. The van der Waals surface area contributed by atoms with E-state index in [-0.39, 0.29) is 18.3 Å². The predicted octanol–water partition coefficient (Wildman–Crippen LogP) is 3.14. The number of nitrogens with one attached hydrogen (secondary N) is 1. The van der Waals surface area contributed by atoms with Gasteiger partial charge in [-0.25, -0.2) is 4.39 Å². The molecular formula is C19H23FN2O2. The summed E-state index contributed by atoms with van der Waals surface area (Å²) < 4.78 is 12.9. The predicted molar refractivity (Wildman–Crippen MR) is 93.7 cm³/mol. The van der Waals surface area contributed by atoms with Crippen LogP contribution in [0.5, 0.6) is 0 Å². The summed E-state index contributed by atoms with van der Waals surface area (Å²) in [6.07, 6.45) is 0.185. The molecule has 24 heavy (non-hydrogen) atoms. The molecule has 0 saturated carbocycles. The van der Waals surface area contributed by atoms with Crippen LogP contribution in [0.2, 0.25) is 0 Å². The topological polar surface area (TPSA) is 52.6 Å². The number of carbonyl (C=O) groups excluding carboxylic acids is 1. The number of carbonyl (C=O) groups is 1. The number of halogens is 1. The maximum atomic E-state index is 12.9. The molecule has 0 spiro atoms. The average Bonchev–Trinajstić information content (AvgIpc) is 2.60. The molecule has 0 aliphatic carbocycles. The number of hydrogen-bond acceptors (Lipinski definition) is 3. The van der Waals surface area contributed by atoms with E-state index in [2.05, 4.69) is 17.1 Å². The Morgan fingerprint density at radius 3 is 2.38 bits per heavy atom. The third-order valence-electron chi connectivity index (χ3n) is 3.84. The number of benzene rings is 2. The number of rotatable bonds is 7. The van der Waals surface area contributed by atoms with Crippen molar-refractivity contribution in [3.05, 3.63) is 65.5 Å². The molecule has 0 aliphatic heterocycles. The fourth-order valence-electron chi connectivity index (χ4n) is 2.43. The number of anilines is 1. The van der Waals surface area contributed by atoms with Crippen molar-refractivity contribution in [3.8, 4) is 0 Å². The molecule has 1 atom stereocenters. The maximum Gasteiger partial charge on any atom is 0.251 e. The van der Waals surface area contributed by atoms with Crippen LogP contribution in [-0.4, -0.2) is 31.2 Å². The molecule has 0 aromatic heterocycles. The van der Waals surface area contributed by atoms with Gasteiger partial charge in [0.05, 0.1) is 6.10 Å². The number of aliphatic hydroxyl groups is 1. The summed E-state index contributed by atoms with van der Waals surface area (Å²) in [6.45, 7) is 3.14. The standard InChI is InChI=1S/C19H23FN2O2/c1-3-12-22(2)17-10-6-15(7-11-17)19(24)21-13-18(23)14-4-8-16(20)9-5-14/h4-11,18,23H,3,12-13H2,1-2H3,(H,21,24). The largest absolute Gasteiger partial charge is 0.387 e. The Morgan fingerprint density at radius 1 is 1.17 bits per heavy atom. The molecule has 2 rings (SSSR count). The van der Waals surface area contributed by atoms with E-state index in [1.807, 2.05) is 19.2 Å². The molecular weight excluding hydrogens is 307 g/mol. The highest BCUT2D eigenvalue weighted by molar-refractivity contribution is 5.94. The molecule has 1 amide bonds. The Kier molecular flexibility index (Phi) is 6.32. The van der Waals surface area contributed by atoms with Crippen molar-refractivity contribution in [1.82, 2.24) is 5.32 Å². The number of amides is 1. The molecule has 0 heterocycles. The van der Waals surface area contributed by atoms with Gasteiger partial charge in [0, 0.05) is 31.4 Å². The zero-order valence-electron chi connectivity index (χ0n) is 14.0. The SMILES string of the molecule is CCCN(C)c1ccc(C(=O)NCC(O)c2ccc(F)cc2)cc1. The van der Waals surface area contributed by atoms with E-state index < -0.39 is 6.10 Å². The van der Waals surface area contributed by atoms with Gasteiger partial charge in [0.15, 0.2) is 0 Å². The first-order valence-corrected chi connectivity index (χ1v) is 8.04. The van der Waals surface area contributed by atoms with E-state index in [4.69, 9.17) is 0 Å². The molecule has 0 saturated heterocycles. The fourth-order valence-corrected chi connectivity index (χ4v) is 2.43. The molecule has 2 aromatic carbocycles. The van der Waals surface area contributed by atoms with Gasteiger partial charge >= 0.3 is 0 Å². The minimum absolute atomic E-state index is 0.0714. The molecule has 2 aromatic rings. The van der Waals surface area contributed by atoms with Gasteiger partial charge < -0.3 is 15.3 Å². The highest BCUT2D eigenvalue weighted by Gasteiger charge is 2.11. The first-order chi connectivity index (χ1) is 11.5. The van der Waals surface area contributed by atoms with Crippen LogP contribution in [0.4, 0.5) is 10.1 Å². The molecule has 2 N–H and O–H groups in total. The van der Waals surface area contributed by atoms with Gasteiger partial charge in [-0.3, -0.25) is 4.79 Å². The van der Waals surface area contributed by atoms with Crippen molar-refractivity contribution in [2.75, 3.05) is 25.0 Å². The summed E-state index contributed by atoms with van der Waals surface area (Å²) in [5.41, 5.74) is 2.16. The van der Waals surface area contributed by atoms with E-state index in [0.29, 0.717) is 11.1 Å². The maximum absolute atomic E-state index is 12.9. The summed E-state index contributed by atoms with van der Waals surface area (Å²) in [5.74, 6) is -0.607. The quantitative estimate of drug-likeness (QED) is 0.820. The number of nitrogens with zero attached hydrogens (tertiary/aromatic N) is 1. The third kappa shape index (κ3) is 4.80. The lowest BCUT2D eigenvalue weighted by molar-refractivity contribution is 0.0916. The monoisotopic (exact) mass is 330 g/mol. The highest BCUT2D eigenvalue weighted by Crippen LogP contribution is 2.15. The normalized spacial score (nSPS) is 11.8. The molecule has 0 fully saturated rings. The Hall–Kier alpha value is -2.40. The van der Waals surface area contributed by atoms with E-state index >= 15 is 0 Å². The highest BCUT2D eigenvalue weighted by atomic mass is 19.1. The summed E-state index contributed by atoms with van der Waals surface area (Å²) >= 11 is 0. The van der Waals surface area contributed by atoms with Crippen molar-refractivity contribution >= 4 is 11.6 Å². The van der Waals surface area contributed by atoms with Crippen LogP contribution >= 0.6 is 0 Å². The fraction of sp³-hybridized carbons (Fsp3) is 0.316. The second kappa shape index (κ2) is 8.45. The smallest absolute Gasteiger partial charge is 0.251 e. The van der Waals surface area contributed by atoms with Crippen LogP contribution in [0.25, 0.3) is 0 Å². The summed E-state index contributed by atoms with van der Waals surface area (Å²) in [7, 11) is 2.01. The van der Waals surface area contributed by atoms with Crippen LogP contribution < -0.4 is 10.2 Å². The molecule has 5 heteroatoms. The third-order valence-corrected chi connectivity index (χ3v) is 3.84.